The Morgan fingerprint density at radius 1 is 1.54 bits per heavy atom. The molecule has 0 amide bonds. The molecule has 0 spiro atoms. The van der Waals surface area contributed by atoms with Gasteiger partial charge in [-0.05, 0) is 31.4 Å². The number of nitriles is 1. The topological polar surface area (TPSA) is 36.7 Å². The van der Waals surface area contributed by atoms with Gasteiger partial charge in [-0.25, -0.2) is 0 Å². The number of nitrogens with zero attached hydrogens (tertiary/aromatic N) is 2. The average Bonchev–Trinajstić information content (AvgIpc) is 2.05. The summed E-state index contributed by atoms with van der Waals surface area (Å²) < 4.78 is 0. The van der Waals surface area contributed by atoms with Crippen LogP contribution in [0.3, 0.4) is 0 Å². The summed E-state index contributed by atoms with van der Waals surface area (Å²) in [6, 6.07) is 4.15. The van der Waals surface area contributed by atoms with Crippen molar-refractivity contribution in [2.75, 3.05) is 0 Å². The molecule has 1 aromatic heterocycles. The van der Waals surface area contributed by atoms with Gasteiger partial charge in [0.2, 0.25) is 0 Å². The van der Waals surface area contributed by atoms with Gasteiger partial charge in [0.25, 0.3) is 0 Å². The number of aromatic nitrogens is 1. The maximum atomic E-state index is 8.92. The molecular formula is C11H12N2. The smallest absolute Gasteiger partial charge is 0.101 e. The molecule has 1 heterocycles. The van der Waals surface area contributed by atoms with Crippen LogP contribution in [0.2, 0.25) is 0 Å². The fourth-order valence-corrected chi connectivity index (χ4v) is 1.68. The minimum absolute atomic E-state index is 0.551. The Balaban J connectivity index is 2.39. The van der Waals surface area contributed by atoms with Crippen molar-refractivity contribution < 1.29 is 0 Å². The Morgan fingerprint density at radius 2 is 2.31 bits per heavy atom. The van der Waals surface area contributed by atoms with Gasteiger partial charge in [-0.3, -0.25) is 4.98 Å². The Morgan fingerprint density at radius 3 is 2.85 bits per heavy atom. The van der Waals surface area contributed by atoms with Crippen LogP contribution in [0, 0.1) is 18.3 Å². The first-order valence-electron chi connectivity index (χ1n) is 4.68. The van der Waals surface area contributed by atoms with Crippen molar-refractivity contribution >= 4 is 0 Å². The van der Waals surface area contributed by atoms with Gasteiger partial charge in [0.15, 0.2) is 0 Å². The van der Waals surface area contributed by atoms with Crippen molar-refractivity contribution in [2.24, 2.45) is 0 Å². The van der Waals surface area contributed by atoms with Crippen LogP contribution in [0.25, 0.3) is 0 Å². The van der Waals surface area contributed by atoms with Gasteiger partial charge in [-0.2, -0.15) is 5.26 Å². The van der Waals surface area contributed by atoms with Crippen LogP contribution in [-0.4, -0.2) is 4.98 Å². The van der Waals surface area contributed by atoms with Gasteiger partial charge in [0.05, 0.1) is 11.3 Å². The third-order valence-electron chi connectivity index (χ3n) is 2.67. The Kier molecular flexibility index (Phi) is 2.02. The number of pyridine rings is 1. The number of rotatable bonds is 1. The molecule has 0 saturated heterocycles. The molecule has 1 aromatic rings. The quantitative estimate of drug-likeness (QED) is 0.652. The highest BCUT2D eigenvalue weighted by Gasteiger charge is 2.23. The second-order valence-electron chi connectivity index (χ2n) is 3.69. The van der Waals surface area contributed by atoms with Crippen LogP contribution < -0.4 is 0 Å². The summed E-state index contributed by atoms with van der Waals surface area (Å²) >= 11 is 0. The van der Waals surface area contributed by atoms with E-state index in [0.29, 0.717) is 5.92 Å². The van der Waals surface area contributed by atoms with E-state index in [1.807, 2.05) is 19.2 Å². The summed E-state index contributed by atoms with van der Waals surface area (Å²) in [5.41, 5.74) is 2.85. The molecule has 0 atom stereocenters. The van der Waals surface area contributed by atoms with Gasteiger partial charge in [-0.15, -0.1) is 0 Å². The largest absolute Gasteiger partial charge is 0.259 e. The summed E-state index contributed by atoms with van der Waals surface area (Å²) in [6.07, 6.45) is 5.54. The van der Waals surface area contributed by atoms with E-state index in [1.54, 1.807) is 0 Å². The highest BCUT2D eigenvalue weighted by molar-refractivity contribution is 5.38. The van der Waals surface area contributed by atoms with Crippen LogP contribution in [-0.2, 0) is 0 Å². The molecule has 0 N–H and O–H groups in total. The zero-order valence-electron chi connectivity index (χ0n) is 7.75. The van der Waals surface area contributed by atoms with Crippen molar-refractivity contribution in [1.29, 1.82) is 5.26 Å². The second-order valence-corrected chi connectivity index (χ2v) is 3.69. The zero-order valence-corrected chi connectivity index (χ0v) is 7.75. The summed E-state index contributed by atoms with van der Waals surface area (Å²) in [7, 11) is 0. The van der Waals surface area contributed by atoms with Gasteiger partial charge in [0.1, 0.15) is 6.07 Å². The Bertz CT molecular complexity index is 359. The first-order valence-corrected chi connectivity index (χ1v) is 4.68. The summed E-state index contributed by atoms with van der Waals surface area (Å²) in [6.45, 7) is 1.97. The maximum Gasteiger partial charge on any atom is 0.101 e. The lowest BCUT2D eigenvalue weighted by Gasteiger charge is -2.25. The molecule has 1 fully saturated rings. The first kappa shape index (κ1) is 8.25. The van der Waals surface area contributed by atoms with E-state index >= 15 is 0 Å². The molecule has 2 rings (SSSR count). The lowest BCUT2D eigenvalue weighted by molar-refractivity contribution is 0.410. The normalized spacial score (nSPS) is 16.3. The van der Waals surface area contributed by atoms with E-state index in [2.05, 4.69) is 11.1 Å². The lowest BCUT2D eigenvalue weighted by Crippen LogP contribution is -2.12. The zero-order chi connectivity index (χ0) is 9.26. The fraction of sp³-hybridized carbons (Fsp3) is 0.455. The molecule has 0 radical (unpaired) electrons. The molecule has 1 saturated carbocycles. The highest BCUT2D eigenvalue weighted by Crippen LogP contribution is 2.36. The van der Waals surface area contributed by atoms with Crippen LogP contribution in [0.5, 0.6) is 0 Å². The van der Waals surface area contributed by atoms with E-state index < -0.39 is 0 Å². The minimum atomic E-state index is 0.551. The molecule has 0 aromatic carbocycles. The molecule has 2 nitrogen and oxygen atoms in total. The van der Waals surface area contributed by atoms with Crippen molar-refractivity contribution in [2.45, 2.75) is 32.1 Å². The molecule has 1 aliphatic carbocycles. The van der Waals surface area contributed by atoms with Crippen molar-refractivity contribution in [3.8, 4) is 6.07 Å². The third-order valence-corrected chi connectivity index (χ3v) is 2.67. The van der Waals surface area contributed by atoms with Crippen molar-refractivity contribution in [3.05, 3.63) is 29.1 Å². The van der Waals surface area contributed by atoms with Gasteiger partial charge >= 0.3 is 0 Å². The first-order chi connectivity index (χ1) is 6.31. The summed E-state index contributed by atoms with van der Waals surface area (Å²) in [4.78, 5) is 4.35. The van der Waals surface area contributed by atoms with Crippen LogP contribution in [0.4, 0.5) is 0 Å². The van der Waals surface area contributed by atoms with Crippen LogP contribution in [0.1, 0.15) is 42.0 Å². The average molecular weight is 172 g/mol. The number of hydrogen-bond donors (Lipinski definition) is 0. The Labute approximate surface area is 78.2 Å². The number of aryl methyl sites for hydroxylation is 1. The minimum Gasteiger partial charge on any atom is -0.259 e. The van der Waals surface area contributed by atoms with E-state index in [-0.39, 0.29) is 0 Å². The molecule has 0 bridgehead atoms. The standard InChI is InChI=1S/C11H12N2/c1-8-5-10(6-12)11(13-7-8)9-3-2-4-9/h5,7,9H,2-4H2,1H3. The van der Waals surface area contributed by atoms with Crippen molar-refractivity contribution in [3.63, 3.8) is 0 Å². The van der Waals surface area contributed by atoms with Crippen LogP contribution >= 0.6 is 0 Å². The molecule has 1 aliphatic rings. The van der Waals surface area contributed by atoms with Gasteiger partial charge in [0, 0.05) is 12.1 Å². The van der Waals surface area contributed by atoms with Gasteiger partial charge in [-0.1, -0.05) is 6.42 Å². The Hall–Kier alpha value is -1.36. The molecule has 0 aliphatic heterocycles. The monoisotopic (exact) mass is 172 g/mol. The third kappa shape index (κ3) is 1.42. The van der Waals surface area contributed by atoms with E-state index in [9.17, 15) is 0 Å². The van der Waals surface area contributed by atoms with E-state index in [0.717, 1.165) is 16.8 Å². The highest BCUT2D eigenvalue weighted by atomic mass is 14.7. The molecule has 2 heteroatoms. The van der Waals surface area contributed by atoms with Crippen LogP contribution in [0.15, 0.2) is 12.3 Å². The van der Waals surface area contributed by atoms with E-state index in [4.69, 9.17) is 5.26 Å². The lowest BCUT2D eigenvalue weighted by atomic mass is 9.81. The molecule has 13 heavy (non-hydrogen) atoms. The summed E-state index contributed by atoms with van der Waals surface area (Å²) in [5.74, 6) is 0.551. The van der Waals surface area contributed by atoms with Crippen molar-refractivity contribution in [1.82, 2.24) is 4.98 Å². The molecular weight excluding hydrogens is 160 g/mol. The second kappa shape index (κ2) is 3.18. The van der Waals surface area contributed by atoms with E-state index in [1.165, 1.54) is 19.3 Å². The predicted molar refractivity (Wildman–Crippen MR) is 50.3 cm³/mol. The fourth-order valence-electron chi connectivity index (χ4n) is 1.68. The predicted octanol–water partition coefficient (Wildman–Crippen LogP) is 2.53. The number of hydrogen-bond acceptors (Lipinski definition) is 2. The molecule has 66 valence electrons. The maximum absolute atomic E-state index is 8.92. The van der Waals surface area contributed by atoms with Gasteiger partial charge < -0.3 is 0 Å². The summed E-state index contributed by atoms with van der Waals surface area (Å²) in [5, 5.41) is 8.92. The SMILES string of the molecule is Cc1cnc(C2CCC2)c(C#N)c1. The molecule has 0 unspecified atom stereocenters.